The van der Waals surface area contributed by atoms with Gasteiger partial charge in [-0.3, -0.25) is 0 Å². The molecule has 5 nitrogen and oxygen atoms in total. The lowest BCUT2D eigenvalue weighted by molar-refractivity contribution is -0.349. The smallest absolute Gasteiger partial charge is 0.185 e. The van der Waals surface area contributed by atoms with Crippen LogP contribution in [0.15, 0.2) is 11.6 Å². The first-order valence-corrected chi connectivity index (χ1v) is 10.4. The Morgan fingerprint density at radius 3 is 2.81 bits per heavy atom. The number of fused-ring (bicyclic) bond motifs is 3. The molecule has 3 saturated heterocycles. The predicted molar refractivity (Wildman–Crippen MR) is 92.9 cm³/mol. The molecule has 5 heteroatoms. The maximum Gasteiger partial charge on any atom is 0.185 e. The Morgan fingerprint density at radius 1 is 1.12 bits per heavy atom. The topological polar surface area (TPSA) is 68.2 Å². The minimum atomic E-state index is -0.872. The van der Waals surface area contributed by atoms with E-state index in [2.05, 4.69) is 19.9 Å². The third kappa shape index (κ3) is 1.63. The molecule has 2 bridgehead atoms. The van der Waals surface area contributed by atoms with Crippen LogP contribution in [-0.2, 0) is 14.2 Å². The van der Waals surface area contributed by atoms with Crippen LogP contribution in [0.2, 0.25) is 0 Å². The maximum absolute atomic E-state index is 11.2. The molecule has 5 fully saturated rings. The summed E-state index contributed by atoms with van der Waals surface area (Å²) in [5.41, 5.74) is 0.782. The van der Waals surface area contributed by atoms with Crippen molar-refractivity contribution in [3.05, 3.63) is 11.6 Å². The third-order valence-corrected chi connectivity index (χ3v) is 9.36. The van der Waals surface area contributed by atoms with Crippen molar-refractivity contribution in [1.82, 2.24) is 0 Å². The monoisotopic (exact) mass is 362 g/mol. The Labute approximate surface area is 154 Å². The van der Waals surface area contributed by atoms with E-state index in [1.807, 2.05) is 0 Å². The molecule has 0 aromatic heterocycles. The fourth-order valence-corrected chi connectivity index (χ4v) is 8.05. The number of aliphatic hydroxyl groups is 2. The Balaban J connectivity index is 1.47. The number of rotatable bonds is 0. The lowest BCUT2D eigenvalue weighted by Gasteiger charge is -2.64. The summed E-state index contributed by atoms with van der Waals surface area (Å²) < 4.78 is 18.6. The minimum absolute atomic E-state index is 0.0396. The predicted octanol–water partition coefficient (Wildman–Crippen LogP) is 2.36. The van der Waals surface area contributed by atoms with Gasteiger partial charge in [-0.1, -0.05) is 25.5 Å². The first kappa shape index (κ1) is 16.5. The number of hydrogen-bond acceptors (Lipinski definition) is 5. The summed E-state index contributed by atoms with van der Waals surface area (Å²) >= 11 is 0. The van der Waals surface area contributed by atoms with Crippen LogP contribution in [0, 0.1) is 28.6 Å². The molecule has 0 amide bonds. The van der Waals surface area contributed by atoms with Crippen molar-refractivity contribution >= 4 is 0 Å². The van der Waals surface area contributed by atoms with E-state index in [-0.39, 0.29) is 41.2 Å². The Kier molecular flexibility index (Phi) is 3.12. The van der Waals surface area contributed by atoms with Crippen LogP contribution in [0.1, 0.15) is 52.4 Å². The second-order valence-electron chi connectivity index (χ2n) is 10.1. The summed E-state index contributed by atoms with van der Waals surface area (Å²) in [7, 11) is 0. The van der Waals surface area contributed by atoms with Gasteiger partial charge in [-0.05, 0) is 49.9 Å². The van der Waals surface area contributed by atoms with Gasteiger partial charge in [-0.15, -0.1) is 0 Å². The molecule has 2 saturated carbocycles. The molecule has 0 radical (unpaired) electrons. The van der Waals surface area contributed by atoms with Crippen LogP contribution >= 0.6 is 0 Å². The van der Waals surface area contributed by atoms with E-state index >= 15 is 0 Å². The van der Waals surface area contributed by atoms with Crippen LogP contribution in [0.5, 0.6) is 0 Å². The van der Waals surface area contributed by atoms with E-state index in [0.717, 1.165) is 32.1 Å². The molecule has 0 aromatic rings. The van der Waals surface area contributed by atoms with Gasteiger partial charge in [-0.25, -0.2) is 0 Å². The third-order valence-electron chi connectivity index (χ3n) is 9.36. The van der Waals surface area contributed by atoms with Gasteiger partial charge in [0.2, 0.25) is 0 Å². The quantitative estimate of drug-likeness (QED) is 0.648. The number of hydrogen-bond donors (Lipinski definition) is 2. The number of allylic oxidation sites excluding steroid dienone is 1. The average Bonchev–Trinajstić information content (AvgIpc) is 3.07. The van der Waals surface area contributed by atoms with Gasteiger partial charge in [0.05, 0.1) is 18.8 Å². The van der Waals surface area contributed by atoms with Gasteiger partial charge in [0.1, 0.15) is 5.60 Å². The molecule has 0 aromatic carbocycles. The zero-order chi connectivity index (χ0) is 17.9. The van der Waals surface area contributed by atoms with E-state index in [1.54, 1.807) is 0 Å². The summed E-state index contributed by atoms with van der Waals surface area (Å²) in [6.07, 6.45) is 6.84. The first-order valence-electron chi connectivity index (χ1n) is 10.4. The first-order chi connectivity index (χ1) is 12.4. The van der Waals surface area contributed by atoms with Gasteiger partial charge in [0, 0.05) is 17.3 Å². The van der Waals surface area contributed by atoms with E-state index in [1.165, 1.54) is 12.0 Å². The summed E-state index contributed by atoms with van der Waals surface area (Å²) in [4.78, 5) is 0. The molecule has 6 rings (SSSR count). The van der Waals surface area contributed by atoms with Crippen LogP contribution < -0.4 is 0 Å². The van der Waals surface area contributed by atoms with Crippen molar-refractivity contribution in [2.75, 3.05) is 6.61 Å². The van der Waals surface area contributed by atoms with E-state index in [0.29, 0.717) is 12.5 Å². The molecule has 10 atom stereocenters. The molecule has 0 spiro atoms. The lowest BCUT2D eigenvalue weighted by atomic mass is 9.44. The summed E-state index contributed by atoms with van der Waals surface area (Å²) in [6, 6.07) is 0. The van der Waals surface area contributed by atoms with Crippen LogP contribution in [0.25, 0.3) is 0 Å². The summed E-state index contributed by atoms with van der Waals surface area (Å²) in [5.74, 6) is 0.949. The molecule has 3 heterocycles. The molecular weight excluding hydrogens is 332 g/mol. The highest BCUT2D eigenvalue weighted by molar-refractivity contribution is 5.30. The molecule has 144 valence electrons. The van der Waals surface area contributed by atoms with Crippen molar-refractivity contribution in [1.29, 1.82) is 0 Å². The van der Waals surface area contributed by atoms with E-state index in [4.69, 9.17) is 14.2 Å². The summed E-state index contributed by atoms with van der Waals surface area (Å²) in [5, 5.41) is 21.3. The van der Waals surface area contributed by atoms with Crippen molar-refractivity contribution in [3.8, 4) is 0 Å². The fourth-order valence-electron chi connectivity index (χ4n) is 8.05. The van der Waals surface area contributed by atoms with Crippen molar-refractivity contribution < 1.29 is 24.4 Å². The van der Waals surface area contributed by atoms with Crippen molar-refractivity contribution in [2.24, 2.45) is 28.6 Å². The fraction of sp³-hybridized carbons (Fsp3) is 0.905. The van der Waals surface area contributed by atoms with Crippen molar-refractivity contribution in [2.45, 2.75) is 82.8 Å². The van der Waals surface area contributed by atoms with Gasteiger partial charge in [0.15, 0.2) is 12.6 Å². The number of aliphatic hydroxyl groups excluding tert-OH is 2. The second-order valence-corrected chi connectivity index (χ2v) is 10.1. The highest BCUT2D eigenvalue weighted by Crippen LogP contribution is 2.72. The number of ether oxygens (including phenoxy) is 3. The molecule has 3 aliphatic heterocycles. The SMILES string of the molecule is C[C@]12CC[C@H](O)CC1=CC[C@@H]1[C@@H]2CC[C@]2(C)[C@H]3[C@@H]4OC[C@H]3O[C@@H](O)[C@]12O4. The molecule has 26 heavy (non-hydrogen) atoms. The average molecular weight is 362 g/mol. The Bertz CT molecular complexity index is 677. The standard InChI is InChI=1S/C21H30O5/c1-19-7-5-12(22)9-11(19)3-4-14-13(19)6-8-20(2)16-15-10-24-17(16)26-21(14,20)18(23)25-15/h3,12-18,22-23H,4-10H2,1-2H3/t12-,13-,14+,15+,16+,17+,18+,19-,20+,21+/m0/s1. The largest absolute Gasteiger partial charge is 0.393 e. The molecule has 2 N–H and O–H groups in total. The molecule has 6 aliphatic rings. The van der Waals surface area contributed by atoms with Crippen LogP contribution in [-0.4, -0.2) is 47.2 Å². The summed E-state index contributed by atoms with van der Waals surface area (Å²) in [6.45, 7) is 5.23. The van der Waals surface area contributed by atoms with Crippen LogP contribution in [0.4, 0.5) is 0 Å². The second kappa shape index (κ2) is 4.93. The normalized spacial score (nSPS) is 62.9. The highest BCUT2D eigenvalue weighted by Gasteiger charge is 2.78. The molecular formula is C21H30O5. The van der Waals surface area contributed by atoms with E-state index in [9.17, 15) is 10.2 Å². The van der Waals surface area contributed by atoms with Gasteiger partial charge in [-0.2, -0.15) is 0 Å². The van der Waals surface area contributed by atoms with Crippen LogP contribution in [0.3, 0.4) is 0 Å². The highest BCUT2D eigenvalue weighted by atomic mass is 16.8. The van der Waals surface area contributed by atoms with Gasteiger partial charge in [0.25, 0.3) is 0 Å². The van der Waals surface area contributed by atoms with Gasteiger partial charge >= 0.3 is 0 Å². The molecule has 0 unspecified atom stereocenters. The van der Waals surface area contributed by atoms with Crippen molar-refractivity contribution in [3.63, 3.8) is 0 Å². The zero-order valence-electron chi connectivity index (χ0n) is 15.7. The van der Waals surface area contributed by atoms with E-state index < -0.39 is 11.9 Å². The van der Waals surface area contributed by atoms with Gasteiger partial charge < -0.3 is 24.4 Å². The molecule has 3 aliphatic carbocycles. The minimum Gasteiger partial charge on any atom is -0.393 e. The zero-order valence-corrected chi connectivity index (χ0v) is 15.7. The maximum atomic E-state index is 11.2. The Hall–Kier alpha value is -0.460. The Morgan fingerprint density at radius 2 is 1.96 bits per heavy atom. The lowest BCUT2D eigenvalue weighted by Crippen LogP contribution is -2.70.